The van der Waals surface area contributed by atoms with Crippen molar-refractivity contribution in [3.8, 4) is 11.4 Å². The number of nitrogens with zero attached hydrogens (tertiary/aromatic N) is 3. The second kappa shape index (κ2) is 9.62. The third-order valence-electron chi connectivity index (χ3n) is 4.97. The van der Waals surface area contributed by atoms with Crippen LogP contribution in [0.2, 0.25) is 5.02 Å². The highest BCUT2D eigenvalue weighted by molar-refractivity contribution is 7.92. The molecule has 170 valence electrons. The van der Waals surface area contributed by atoms with Crippen molar-refractivity contribution < 1.29 is 17.9 Å². The largest absolute Gasteiger partial charge is 0.495 e. The van der Waals surface area contributed by atoms with Gasteiger partial charge in [0.05, 0.1) is 19.1 Å². The van der Waals surface area contributed by atoms with Crippen molar-refractivity contribution in [2.45, 2.75) is 26.4 Å². The minimum atomic E-state index is -3.80. The van der Waals surface area contributed by atoms with Crippen molar-refractivity contribution in [2.24, 2.45) is 0 Å². The number of imidazole rings is 1. The zero-order valence-electron chi connectivity index (χ0n) is 18.2. The number of methoxy groups -OCH3 is 1. The van der Waals surface area contributed by atoms with Crippen LogP contribution in [-0.2, 0) is 21.4 Å². The van der Waals surface area contributed by atoms with E-state index in [2.05, 4.69) is 10.3 Å². The lowest BCUT2D eigenvalue weighted by molar-refractivity contribution is -0.122. The molecule has 0 aliphatic rings. The summed E-state index contributed by atoms with van der Waals surface area (Å²) in [6.45, 7) is 3.68. The van der Waals surface area contributed by atoms with Gasteiger partial charge in [0.15, 0.2) is 0 Å². The van der Waals surface area contributed by atoms with E-state index in [4.69, 9.17) is 16.3 Å². The van der Waals surface area contributed by atoms with E-state index in [1.54, 1.807) is 18.3 Å². The molecule has 0 spiro atoms. The molecule has 1 heterocycles. The lowest BCUT2D eigenvalue weighted by Crippen LogP contribution is -2.47. The summed E-state index contributed by atoms with van der Waals surface area (Å²) in [6, 6.07) is 11.2. The molecule has 3 rings (SSSR count). The van der Waals surface area contributed by atoms with E-state index in [0.717, 1.165) is 27.6 Å². The van der Waals surface area contributed by atoms with Crippen molar-refractivity contribution in [1.82, 2.24) is 14.9 Å². The molecule has 0 radical (unpaired) electrons. The van der Waals surface area contributed by atoms with Gasteiger partial charge in [0, 0.05) is 29.6 Å². The molecule has 1 amide bonds. The molecule has 1 aromatic heterocycles. The van der Waals surface area contributed by atoms with Crippen LogP contribution in [0.5, 0.6) is 5.75 Å². The van der Waals surface area contributed by atoms with Gasteiger partial charge in [-0.1, -0.05) is 23.7 Å². The highest BCUT2D eigenvalue weighted by atomic mass is 35.5. The van der Waals surface area contributed by atoms with Gasteiger partial charge < -0.3 is 14.6 Å². The zero-order valence-corrected chi connectivity index (χ0v) is 19.8. The molecule has 8 nitrogen and oxygen atoms in total. The highest BCUT2D eigenvalue weighted by Gasteiger charge is 2.31. The third kappa shape index (κ3) is 5.23. The first-order valence-electron chi connectivity index (χ1n) is 9.81. The van der Waals surface area contributed by atoms with Gasteiger partial charge in [-0.05, 0) is 49.7 Å². The van der Waals surface area contributed by atoms with Crippen molar-refractivity contribution in [2.75, 3.05) is 17.7 Å². The number of hydrogen-bond acceptors (Lipinski definition) is 5. The summed E-state index contributed by atoms with van der Waals surface area (Å²) in [5.74, 6) is 0.717. The average molecular weight is 477 g/mol. The third-order valence-corrected chi connectivity index (χ3v) is 6.44. The number of carbonyl (C=O) groups excluding carboxylic acids is 1. The summed E-state index contributed by atoms with van der Waals surface area (Å²) in [7, 11) is -2.38. The monoisotopic (exact) mass is 476 g/mol. The van der Waals surface area contributed by atoms with Gasteiger partial charge in [-0.3, -0.25) is 9.10 Å². The molecule has 0 aliphatic carbocycles. The summed E-state index contributed by atoms with van der Waals surface area (Å²) in [5.41, 5.74) is 2.03. The number of carbonyl (C=O) groups is 1. The standard InChI is InChI=1S/C22H25ClN4O4S/c1-15(27(32(4,29)30)20-13-18(23)7-10-21(20)31-3)22(28)25-14-17-5-8-19(9-6-17)26-12-11-24-16(26)2/h5-13,15H,14H2,1-4H3,(H,25,28)/t15-/m1/s1. The average Bonchev–Trinajstić information content (AvgIpc) is 3.17. The number of amides is 1. The quantitative estimate of drug-likeness (QED) is 0.538. The second-order valence-corrected chi connectivity index (χ2v) is 9.58. The lowest BCUT2D eigenvalue weighted by atomic mass is 10.2. The summed E-state index contributed by atoms with van der Waals surface area (Å²) in [5, 5.41) is 3.13. The Labute approximate surface area is 192 Å². The van der Waals surface area contributed by atoms with E-state index in [1.165, 1.54) is 20.1 Å². The first-order chi connectivity index (χ1) is 15.1. The van der Waals surface area contributed by atoms with E-state index in [-0.39, 0.29) is 12.2 Å². The molecule has 0 bridgehead atoms. The molecule has 0 fully saturated rings. The Bertz CT molecular complexity index is 1210. The first-order valence-corrected chi connectivity index (χ1v) is 12.0. The fraction of sp³-hybridized carbons (Fsp3) is 0.273. The number of benzene rings is 2. The Morgan fingerprint density at radius 1 is 1.25 bits per heavy atom. The summed E-state index contributed by atoms with van der Waals surface area (Å²) < 4.78 is 33.3. The van der Waals surface area contributed by atoms with Gasteiger partial charge in [0.25, 0.3) is 0 Å². The molecule has 0 saturated carbocycles. The topological polar surface area (TPSA) is 93.5 Å². The van der Waals surface area contributed by atoms with Gasteiger partial charge in [-0.2, -0.15) is 0 Å². The Hall–Kier alpha value is -3.04. The first kappa shape index (κ1) is 23.6. The van der Waals surface area contributed by atoms with Crippen LogP contribution in [0.4, 0.5) is 5.69 Å². The van der Waals surface area contributed by atoms with Crippen molar-refractivity contribution in [1.29, 1.82) is 0 Å². The SMILES string of the molecule is COc1ccc(Cl)cc1N([C@H](C)C(=O)NCc1ccc(-n2ccnc2C)cc1)S(C)(=O)=O. The second-order valence-electron chi connectivity index (χ2n) is 7.28. The normalized spacial score (nSPS) is 12.3. The summed E-state index contributed by atoms with van der Waals surface area (Å²) in [6.07, 6.45) is 4.64. The fourth-order valence-electron chi connectivity index (χ4n) is 3.38. The van der Waals surface area contributed by atoms with Crippen LogP contribution in [0.25, 0.3) is 5.69 Å². The van der Waals surface area contributed by atoms with Crippen LogP contribution in [0.1, 0.15) is 18.3 Å². The van der Waals surface area contributed by atoms with Crippen molar-refractivity contribution in [3.63, 3.8) is 0 Å². The number of anilines is 1. The fourth-order valence-corrected chi connectivity index (χ4v) is 4.71. The van der Waals surface area contributed by atoms with E-state index >= 15 is 0 Å². The molecule has 32 heavy (non-hydrogen) atoms. The van der Waals surface area contributed by atoms with Crippen molar-refractivity contribution >= 4 is 33.2 Å². The van der Waals surface area contributed by atoms with Gasteiger partial charge in [-0.15, -0.1) is 0 Å². The molecular weight excluding hydrogens is 452 g/mol. The Kier molecular flexibility index (Phi) is 7.10. The van der Waals surface area contributed by atoms with Crippen molar-refractivity contribution in [3.05, 3.63) is 71.3 Å². The molecule has 3 aromatic rings. The predicted molar refractivity (Wildman–Crippen MR) is 125 cm³/mol. The number of sulfonamides is 1. The van der Waals surface area contributed by atoms with E-state index in [1.807, 2.05) is 42.0 Å². The van der Waals surface area contributed by atoms with Crippen LogP contribution >= 0.6 is 11.6 Å². The zero-order chi connectivity index (χ0) is 23.5. The molecule has 1 atom stereocenters. The van der Waals surface area contributed by atoms with E-state index < -0.39 is 22.0 Å². The van der Waals surface area contributed by atoms with Crippen LogP contribution in [0, 0.1) is 6.92 Å². The van der Waals surface area contributed by atoms with Gasteiger partial charge in [-0.25, -0.2) is 13.4 Å². The summed E-state index contributed by atoms with van der Waals surface area (Å²) >= 11 is 6.07. The molecule has 2 aromatic carbocycles. The number of aryl methyl sites for hydroxylation is 1. The van der Waals surface area contributed by atoms with Gasteiger partial charge in [0.2, 0.25) is 15.9 Å². The molecule has 0 unspecified atom stereocenters. The molecule has 0 saturated heterocycles. The van der Waals surface area contributed by atoms with Crippen LogP contribution in [0.3, 0.4) is 0 Å². The maximum absolute atomic E-state index is 12.9. The van der Waals surface area contributed by atoms with E-state index in [0.29, 0.717) is 10.8 Å². The molecule has 1 N–H and O–H groups in total. The Morgan fingerprint density at radius 3 is 2.50 bits per heavy atom. The number of nitrogens with one attached hydrogen (secondary N) is 1. The maximum atomic E-state index is 12.9. The van der Waals surface area contributed by atoms with Gasteiger partial charge >= 0.3 is 0 Å². The number of aromatic nitrogens is 2. The lowest BCUT2D eigenvalue weighted by Gasteiger charge is -2.29. The number of ether oxygens (including phenoxy) is 1. The number of hydrogen-bond donors (Lipinski definition) is 1. The van der Waals surface area contributed by atoms with Crippen LogP contribution in [0.15, 0.2) is 54.9 Å². The van der Waals surface area contributed by atoms with E-state index in [9.17, 15) is 13.2 Å². The Balaban J connectivity index is 1.76. The summed E-state index contributed by atoms with van der Waals surface area (Å²) in [4.78, 5) is 17.1. The molecule has 10 heteroatoms. The van der Waals surface area contributed by atoms with Gasteiger partial charge in [0.1, 0.15) is 17.6 Å². The number of halogens is 1. The molecular formula is C22H25ClN4O4S. The number of rotatable bonds is 8. The maximum Gasteiger partial charge on any atom is 0.243 e. The van der Waals surface area contributed by atoms with Crippen LogP contribution in [-0.4, -0.2) is 43.3 Å². The smallest absolute Gasteiger partial charge is 0.243 e. The van der Waals surface area contributed by atoms with Crippen LogP contribution < -0.4 is 14.4 Å². The Morgan fingerprint density at radius 2 is 1.94 bits per heavy atom. The predicted octanol–water partition coefficient (Wildman–Crippen LogP) is 3.31. The minimum Gasteiger partial charge on any atom is -0.495 e. The minimum absolute atomic E-state index is 0.199. The highest BCUT2D eigenvalue weighted by Crippen LogP contribution is 2.34. The molecule has 0 aliphatic heterocycles.